The van der Waals surface area contributed by atoms with Crippen LogP contribution in [0.2, 0.25) is 0 Å². The normalized spacial score (nSPS) is 15.7. The van der Waals surface area contributed by atoms with Crippen molar-refractivity contribution in [3.05, 3.63) is 77.6 Å². The third-order valence-electron chi connectivity index (χ3n) is 4.67. The first-order chi connectivity index (χ1) is 13.1. The molecule has 2 heterocycles. The number of anilines is 2. The smallest absolute Gasteiger partial charge is 0.225 e. The average Bonchev–Trinajstić information content (AvgIpc) is 3.13. The predicted molar refractivity (Wildman–Crippen MR) is 104 cm³/mol. The Morgan fingerprint density at radius 2 is 2.15 bits per heavy atom. The van der Waals surface area contributed by atoms with E-state index in [2.05, 4.69) is 33.9 Å². The Morgan fingerprint density at radius 1 is 1.26 bits per heavy atom. The first-order valence-corrected chi connectivity index (χ1v) is 8.86. The van der Waals surface area contributed by atoms with Crippen molar-refractivity contribution >= 4 is 23.2 Å². The van der Waals surface area contributed by atoms with Gasteiger partial charge in [0.25, 0.3) is 0 Å². The summed E-state index contributed by atoms with van der Waals surface area (Å²) < 4.78 is 1.88. The monoisotopic (exact) mass is 360 g/mol. The molecule has 3 aromatic rings. The van der Waals surface area contributed by atoms with Crippen molar-refractivity contribution in [2.45, 2.75) is 25.8 Å². The Kier molecular flexibility index (Phi) is 4.46. The number of nitrogens with one attached hydrogen (secondary N) is 2. The van der Waals surface area contributed by atoms with Gasteiger partial charge in [0.2, 0.25) is 11.8 Å². The van der Waals surface area contributed by atoms with E-state index in [9.17, 15) is 9.59 Å². The highest BCUT2D eigenvalue weighted by molar-refractivity contribution is 5.97. The fourth-order valence-corrected chi connectivity index (χ4v) is 3.53. The highest BCUT2D eigenvalue weighted by Crippen LogP contribution is 2.38. The fourth-order valence-electron chi connectivity index (χ4n) is 3.53. The van der Waals surface area contributed by atoms with E-state index >= 15 is 0 Å². The molecule has 0 saturated heterocycles. The van der Waals surface area contributed by atoms with Crippen LogP contribution in [0.3, 0.4) is 0 Å². The minimum atomic E-state index is -0.139. The number of carbonyl (C=O) groups excluding carboxylic acids is 2. The minimum Gasteiger partial charge on any atom is -0.326 e. The van der Waals surface area contributed by atoms with Crippen LogP contribution in [0.25, 0.3) is 0 Å². The van der Waals surface area contributed by atoms with E-state index < -0.39 is 0 Å². The molecular formula is C21H20N4O2. The van der Waals surface area contributed by atoms with Gasteiger partial charge in [-0.25, -0.2) is 0 Å². The lowest BCUT2D eigenvalue weighted by Gasteiger charge is -2.27. The number of fused-ring (bicyclic) bond motifs is 1. The summed E-state index contributed by atoms with van der Waals surface area (Å²) in [5, 5.41) is 9.93. The SMILES string of the molecule is CC(=O)Nc1ccc2c(c1)NC(=O)C[C@@H]2c1cccc(Cn2cccn2)c1. The minimum absolute atomic E-state index is 0.0160. The highest BCUT2D eigenvalue weighted by Gasteiger charge is 2.27. The van der Waals surface area contributed by atoms with Gasteiger partial charge >= 0.3 is 0 Å². The highest BCUT2D eigenvalue weighted by atomic mass is 16.2. The molecule has 1 aromatic heterocycles. The zero-order valence-electron chi connectivity index (χ0n) is 15.0. The van der Waals surface area contributed by atoms with Crippen molar-refractivity contribution in [2.24, 2.45) is 0 Å². The summed E-state index contributed by atoms with van der Waals surface area (Å²) in [5.41, 5.74) is 4.72. The Labute approximate surface area is 157 Å². The largest absolute Gasteiger partial charge is 0.326 e. The van der Waals surface area contributed by atoms with Crippen molar-refractivity contribution in [3.63, 3.8) is 0 Å². The van der Waals surface area contributed by atoms with Crippen LogP contribution in [0.5, 0.6) is 0 Å². The molecule has 6 heteroatoms. The average molecular weight is 360 g/mol. The molecule has 2 N–H and O–H groups in total. The van der Waals surface area contributed by atoms with Gasteiger partial charge in [-0.05, 0) is 34.9 Å². The molecule has 0 unspecified atom stereocenters. The van der Waals surface area contributed by atoms with Crippen molar-refractivity contribution in [2.75, 3.05) is 10.6 Å². The van der Waals surface area contributed by atoms with Crippen LogP contribution in [0.15, 0.2) is 60.9 Å². The van der Waals surface area contributed by atoms with Gasteiger partial charge in [0.1, 0.15) is 0 Å². The van der Waals surface area contributed by atoms with Gasteiger partial charge < -0.3 is 10.6 Å². The molecule has 1 atom stereocenters. The summed E-state index contributed by atoms with van der Waals surface area (Å²) in [6.07, 6.45) is 4.09. The Bertz CT molecular complexity index is 995. The van der Waals surface area contributed by atoms with Gasteiger partial charge in [0.15, 0.2) is 0 Å². The van der Waals surface area contributed by atoms with E-state index in [4.69, 9.17) is 0 Å². The lowest BCUT2D eigenvalue weighted by atomic mass is 9.84. The van der Waals surface area contributed by atoms with E-state index in [1.165, 1.54) is 6.92 Å². The van der Waals surface area contributed by atoms with E-state index in [0.29, 0.717) is 18.7 Å². The molecule has 0 fully saturated rings. The number of aromatic nitrogens is 2. The second-order valence-corrected chi connectivity index (χ2v) is 6.74. The standard InChI is InChI=1S/C21H20N4O2/c1-14(26)23-17-6-7-18-19(12-21(27)24-20(18)11-17)16-5-2-4-15(10-16)13-25-9-3-8-22-25/h2-11,19H,12-13H2,1H3,(H,23,26)(H,24,27)/t19-/m1/s1. The quantitative estimate of drug-likeness (QED) is 0.749. The van der Waals surface area contributed by atoms with Gasteiger partial charge in [0, 0.05) is 43.0 Å². The molecule has 1 aliphatic heterocycles. The third-order valence-corrected chi connectivity index (χ3v) is 4.67. The molecule has 2 amide bonds. The molecule has 0 spiro atoms. The van der Waals surface area contributed by atoms with Crippen LogP contribution in [0, 0.1) is 0 Å². The summed E-state index contributed by atoms with van der Waals surface area (Å²) in [6, 6.07) is 15.8. The fraction of sp³-hybridized carbons (Fsp3) is 0.190. The van der Waals surface area contributed by atoms with Crippen molar-refractivity contribution in [1.82, 2.24) is 9.78 Å². The number of nitrogens with zero attached hydrogens (tertiary/aromatic N) is 2. The first kappa shape index (κ1) is 17.0. The van der Waals surface area contributed by atoms with Crippen molar-refractivity contribution < 1.29 is 9.59 Å². The number of hydrogen-bond donors (Lipinski definition) is 2. The van der Waals surface area contributed by atoms with Crippen LogP contribution >= 0.6 is 0 Å². The van der Waals surface area contributed by atoms with Crippen molar-refractivity contribution in [3.8, 4) is 0 Å². The zero-order chi connectivity index (χ0) is 18.8. The van der Waals surface area contributed by atoms with Gasteiger partial charge in [-0.1, -0.05) is 30.3 Å². The maximum Gasteiger partial charge on any atom is 0.225 e. The van der Waals surface area contributed by atoms with E-state index in [1.807, 2.05) is 41.2 Å². The third kappa shape index (κ3) is 3.74. The molecule has 2 aromatic carbocycles. The summed E-state index contributed by atoms with van der Waals surface area (Å²) in [4.78, 5) is 23.6. The van der Waals surface area contributed by atoms with E-state index in [0.717, 1.165) is 22.4 Å². The van der Waals surface area contributed by atoms with Gasteiger partial charge in [-0.15, -0.1) is 0 Å². The van der Waals surface area contributed by atoms with Crippen LogP contribution < -0.4 is 10.6 Å². The summed E-state index contributed by atoms with van der Waals surface area (Å²) in [6.45, 7) is 2.15. The molecule has 0 saturated carbocycles. The van der Waals surface area contributed by atoms with Crippen LogP contribution in [-0.2, 0) is 16.1 Å². The molecular weight excluding hydrogens is 340 g/mol. The molecule has 1 aliphatic rings. The summed E-state index contributed by atoms with van der Waals surface area (Å²) in [5.74, 6) is -0.178. The molecule has 0 aliphatic carbocycles. The predicted octanol–water partition coefficient (Wildman–Crippen LogP) is 3.36. The summed E-state index contributed by atoms with van der Waals surface area (Å²) in [7, 11) is 0. The second kappa shape index (κ2) is 7.07. The molecule has 0 bridgehead atoms. The molecule has 136 valence electrons. The molecule has 27 heavy (non-hydrogen) atoms. The maximum atomic E-state index is 12.3. The Morgan fingerprint density at radius 3 is 2.93 bits per heavy atom. The summed E-state index contributed by atoms with van der Waals surface area (Å²) >= 11 is 0. The number of rotatable bonds is 4. The second-order valence-electron chi connectivity index (χ2n) is 6.74. The lowest BCUT2D eigenvalue weighted by molar-refractivity contribution is -0.116. The van der Waals surface area contributed by atoms with Crippen molar-refractivity contribution in [1.29, 1.82) is 0 Å². The maximum absolute atomic E-state index is 12.3. The topological polar surface area (TPSA) is 76.0 Å². The van der Waals surface area contributed by atoms with E-state index in [-0.39, 0.29) is 17.7 Å². The molecule has 4 rings (SSSR count). The Hall–Kier alpha value is -3.41. The molecule has 6 nitrogen and oxygen atoms in total. The number of hydrogen-bond acceptors (Lipinski definition) is 3. The first-order valence-electron chi connectivity index (χ1n) is 8.86. The number of benzene rings is 2. The van der Waals surface area contributed by atoms with Crippen LogP contribution in [0.1, 0.15) is 36.0 Å². The zero-order valence-corrected chi connectivity index (χ0v) is 15.0. The Balaban J connectivity index is 1.66. The molecule has 0 radical (unpaired) electrons. The van der Waals surface area contributed by atoms with Gasteiger partial charge in [-0.2, -0.15) is 5.10 Å². The number of carbonyl (C=O) groups is 2. The van der Waals surface area contributed by atoms with Gasteiger partial charge in [0.05, 0.1) is 6.54 Å². The van der Waals surface area contributed by atoms with Crippen LogP contribution in [0.4, 0.5) is 11.4 Å². The number of amides is 2. The van der Waals surface area contributed by atoms with Crippen LogP contribution in [-0.4, -0.2) is 21.6 Å². The van der Waals surface area contributed by atoms with Gasteiger partial charge in [-0.3, -0.25) is 14.3 Å². The lowest BCUT2D eigenvalue weighted by Crippen LogP contribution is -2.24. The van der Waals surface area contributed by atoms with E-state index in [1.54, 1.807) is 6.20 Å².